The molecular formula is C24H20Cl2N6O2. The third-order valence-corrected chi connectivity index (χ3v) is 5.06. The second-order valence-corrected chi connectivity index (χ2v) is 8.09. The number of nitrogens with one attached hydrogen (secondary N) is 3. The molecule has 0 aliphatic rings. The minimum absolute atomic E-state index is 0.187. The lowest BCUT2D eigenvalue weighted by Gasteiger charge is -2.11. The van der Waals surface area contributed by atoms with E-state index in [1.807, 2.05) is 31.2 Å². The van der Waals surface area contributed by atoms with Gasteiger partial charge >= 0.3 is 0 Å². The van der Waals surface area contributed by atoms with Crippen LogP contribution in [0.5, 0.6) is 5.75 Å². The van der Waals surface area contributed by atoms with Gasteiger partial charge < -0.3 is 20.7 Å². The fourth-order valence-electron chi connectivity index (χ4n) is 2.95. The molecule has 0 fully saturated rings. The van der Waals surface area contributed by atoms with Gasteiger partial charge in [-0.15, -0.1) is 0 Å². The highest BCUT2D eigenvalue weighted by Gasteiger charge is 2.08. The van der Waals surface area contributed by atoms with Gasteiger partial charge in [0.1, 0.15) is 29.5 Å². The van der Waals surface area contributed by atoms with E-state index in [1.165, 1.54) is 6.33 Å². The monoisotopic (exact) mass is 494 g/mol. The van der Waals surface area contributed by atoms with Gasteiger partial charge in [0.2, 0.25) is 0 Å². The van der Waals surface area contributed by atoms with Crippen LogP contribution in [0.4, 0.5) is 28.8 Å². The molecule has 0 aliphatic carbocycles. The van der Waals surface area contributed by atoms with Crippen LogP contribution in [0.25, 0.3) is 0 Å². The standard InChI is InChI=1S/C24H20Cl2N6O2/c1-15-8-9-27-21(10-15)32-23-12-22(28-14-29-23)30-17-3-5-18(6-4-17)31-24(33)13-34-20-7-2-16(25)11-19(20)26/h2-12,14H,13H2,1H3,(H,31,33)(H2,27,28,29,30,32). The zero-order valence-electron chi connectivity index (χ0n) is 18.0. The maximum Gasteiger partial charge on any atom is 0.262 e. The van der Waals surface area contributed by atoms with E-state index >= 15 is 0 Å². The number of halogens is 2. The molecule has 172 valence electrons. The Kier molecular flexibility index (Phi) is 7.41. The fourth-order valence-corrected chi connectivity index (χ4v) is 3.41. The minimum Gasteiger partial charge on any atom is -0.482 e. The number of hydrogen-bond donors (Lipinski definition) is 3. The number of nitrogens with zero attached hydrogens (tertiary/aromatic N) is 3. The topological polar surface area (TPSA) is 101 Å². The Morgan fingerprint density at radius 3 is 2.29 bits per heavy atom. The molecule has 8 nitrogen and oxygen atoms in total. The summed E-state index contributed by atoms with van der Waals surface area (Å²) in [5.41, 5.74) is 2.51. The number of pyridine rings is 1. The van der Waals surface area contributed by atoms with Gasteiger partial charge in [-0.05, 0) is 67.1 Å². The third kappa shape index (κ3) is 6.57. The molecule has 4 aromatic rings. The number of carbonyl (C=O) groups excluding carboxylic acids is 1. The number of aromatic nitrogens is 3. The summed E-state index contributed by atoms with van der Waals surface area (Å²) in [6.45, 7) is 1.81. The van der Waals surface area contributed by atoms with E-state index in [-0.39, 0.29) is 12.5 Å². The first kappa shape index (κ1) is 23.3. The lowest BCUT2D eigenvalue weighted by molar-refractivity contribution is -0.118. The zero-order valence-corrected chi connectivity index (χ0v) is 19.6. The normalized spacial score (nSPS) is 10.4. The van der Waals surface area contributed by atoms with Crippen LogP contribution in [0.1, 0.15) is 5.56 Å². The van der Waals surface area contributed by atoms with Crippen LogP contribution in [0, 0.1) is 6.92 Å². The molecule has 0 atom stereocenters. The first-order valence-electron chi connectivity index (χ1n) is 10.2. The molecule has 2 aromatic heterocycles. The number of ether oxygens (including phenoxy) is 1. The van der Waals surface area contributed by atoms with Crippen molar-refractivity contribution < 1.29 is 9.53 Å². The molecule has 2 aromatic carbocycles. The number of benzene rings is 2. The molecule has 1 amide bonds. The van der Waals surface area contributed by atoms with Crippen molar-refractivity contribution in [3.05, 3.63) is 88.8 Å². The summed E-state index contributed by atoms with van der Waals surface area (Å²) in [6.07, 6.45) is 3.19. The summed E-state index contributed by atoms with van der Waals surface area (Å²) >= 11 is 11.9. The molecule has 2 heterocycles. The summed E-state index contributed by atoms with van der Waals surface area (Å²) in [7, 11) is 0. The summed E-state index contributed by atoms with van der Waals surface area (Å²) in [4.78, 5) is 24.9. The van der Waals surface area contributed by atoms with E-state index in [0.717, 1.165) is 11.3 Å². The second kappa shape index (κ2) is 10.8. The summed E-state index contributed by atoms with van der Waals surface area (Å²) < 4.78 is 5.45. The predicted octanol–water partition coefficient (Wildman–Crippen LogP) is 5.99. The summed E-state index contributed by atoms with van der Waals surface area (Å²) in [6, 6.07) is 17.6. The third-order valence-electron chi connectivity index (χ3n) is 4.53. The van der Waals surface area contributed by atoms with Gasteiger partial charge in [0.05, 0.1) is 5.02 Å². The van der Waals surface area contributed by atoms with Crippen molar-refractivity contribution in [2.75, 3.05) is 22.6 Å². The van der Waals surface area contributed by atoms with Crippen LogP contribution < -0.4 is 20.7 Å². The van der Waals surface area contributed by atoms with Gasteiger partial charge in [-0.2, -0.15) is 0 Å². The Morgan fingerprint density at radius 2 is 1.56 bits per heavy atom. The highest BCUT2D eigenvalue weighted by Crippen LogP contribution is 2.27. The molecule has 10 heteroatoms. The van der Waals surface area contributed by atoms with Crippen molar-refractivity contribution in [1.82, 2.24) is 15.0 Å². The van der Waals surface area contributed by atoms with E-state index in [1.54, 1.807) is 42.6 Å². The van der Waals surface area contributed by atoms with Gasteiger partial charge in [-0.3, -0.25) is 4.79 Å². The highest BCUT2D eigenvalue weighted by atomic mass is 35.5. The van der Waals surface area contributed by atoms with Crippen LogP contribution >= 0.6 is 23.2 Å². The Bertz CT molecular complexity index is 1300. The molecule has 0 radical (unpaired) electrons. The molecule has 0 saturated carbocycles. The lowest BCUT2D eigenvalue weighted by Crippen LogP contribution is -2.20. The Hall–Kier alpha value is -3.88. The molecular weight excluding hydrogens is 475 g/mol. The van der Waals surface area contributed by atoms with Crippen molar-refractivity contribution in [1.29, 1.82) is 0 Å². The Morgan fingerprint density at radius 1 is 0.853 bits per heavy atom. The van der Waals surface area contributed by atoms with Crippen molar-refractivity contribution in [2.45, 2.75) is 6.92 Å². The summed E-state index contributed by atoms with van der Waals surface area (Å²) in [5.74, 6) is 1.99. The average Bonchev–Trinajstić information content (AvgIpc) is 2.80. The number of anilines is 5. The van der Waals surface area contributed by atoms with Gasteiger partial charge in [-0.25, -0.2) is 15.0 Å². The first-order valence-corrected chi connectivity index (χ1v) is 11.0. The second-order valence-electron chi connectivity index (χ2n) is 7.25. The van der Waals surface area contributed by atoms with E-state index in [4.69, 9.17) is 27.9 Å². The molecule has 34 heavy (non-hydrogen) atoms. The van der Waals surface area contributed by atoms with Crippen LogP contribution in [-0.2, 0) is 4.79 Å². The summed E-state index contributed by atoms with van der Waals surface area (Å²) in [5, 5.41) is 9.97. The van der Waals surface area contributed by atoms with Crippen molar-refractivity contribution in [2.24, 2.45) is 0 Å². The zero-order chi connectivity index (χ0) is 23.9. The maximum atomic E-state index is 12.2. The number of carbonyl (C=O) groups is 1. The Labute approximate surface area is 206 Å². The minimum atomic E-state index is -0.317. The molecule has 0 aliphatic heterocycles. The van der Waals surface area contributed by atoms with Crippen LogP contribution in [-0.4, -0.2) is 27.5 Å². The van der Waals surface area contributed by atoms with Crippen LogP contribution in [0.15, 0.2) is 73.2 Å². The smallest absolute Gasteiger partial charge is 0.262 e. The SMILES string of the molecule is Cc1ccnc(Nc2cc(Nc3ccc(NC(=O)COc4ccc(Cl)cc4Cl)cc3)ncn2)c1. The fraction of sp³-hybridized carbons (Fsp3) is 0.0833. The van der Waals surface area contributed by atoms with E-state index < -0.39 is 0 Å². The Balaban J connectivity index is 1.31. The quantitative estimate of drug-likeness (QED) is 0.276. The lowest BCUT2D eigenvalue weighted by atomic mass is 10.2. The predicted molar refractivity (Wildman–Crippen MR) is 135 cm³/mol. The number of aryl methyl sites for hydroxylation is 1. The van der Waals surface area contributed by atoms with Gasteiger partial charge in [0.15, 0.2) is 6.61 Å². The van der Waals surface area contributed by atoms with Crippen molar-refractivity contribution >= 4 is 57.9 Å². The largest absolute Gasteiger partial charge is 0.482 e. The molecule has 0 bridgehead atoms. The molecule has 0 saturated heterocycles. The highest BCUT2D eigenvalue weighted by molar-refractivity contribution is 6.35. The van der Waals surface area contributed by atoms with Gasteiger partial charge in [-0.1, -0.05) is 23.2 Å². The number of rotatable bonds is 8. The average molecular weight is 495 g/mol. The number of hydrogen-bond acceptors (Lipinski definition) is 7. The maximum absolute atomic E-state index is 12.2. The number of amides is 1. The van der Waals surface area contributed by atoms with E-state index in [2.05, 4.69) is 30.9 Å². The molecule has 0 spiro atoms. The van der Waals surface area contributed by atoms with Crippen LogP contribution in [0.3, 0.4) is 0 Å². The first-order chi connectivity index (χ1) is 16.4. The van der Waals surface area contributed by atoms with Crippen LogP contribution in [0.2, 0.25) is 10.0 Å². The van der Waals surface area contributed by atoms with E-state index in [0.29, 0.717) is 38.9 Å². The van der Waals surface area contributed by atoms with E-state index in [9.17, 15) is 4.79 Å². The van der Waals surface area contributed by atoms with Crippen molar-refractivity contribution in [3.8, 4) is 5.75 Å². The van der Waals surface area contributed by atoms with Gasteiger partial charge in [0.25, 0.3) is 5.91 Å². The molecule has 0 unspecified atom stereocenters. The van der Waals surface area contributed by atoms with Gasteiger partial charge in [0, 0.05) is 28.7 Å². The molecule has 3 N–H and O–H groups in total. The molecule has 4 rings (SSSR count). The van der Waals surface area contributed by atoms with Crippen molar-refractivity contribution in [3.63, 3.8) is 0 Å².